The summed E-state index contributed by atoms with van der Waals surface area (Å²) < 4.78 is 38.0. The minimum absolute atomic E-state index is 0.408. The first-order valence-corrected chi connectivity index (χ1v) is 4.89. The highest BCUT2D eigenvalue weighted by atomic mass is 19.4. The number of alkyl halides is 3. The first-order chi connectivity index (χ1) is 8.00. The fourth-order valence-electron chi connectivity index (χ4n) is 1.48. The number of likely N-dealkylation sites (tertiary alicyclic amines) is 1. The predicted octanol–water partition coefficient (Wildman–Crippen LogP) is -0.261. The molecule has 102 valence electrons. The SMILES string of the molecule is CN1C(=O)CC(NC(C)(C(=O)O)C(F)(F)F)C1=O. The van der Waals surface area contributed by atoms with Gasteiger partial charge < -0.3 is 5.11 Å². The van der Waals surface area contributed by atoms with Crippen molar-refractivity contribution in [1.82, 2.24) is 10.2 Å². The molecule has 2 amide bonds. The number of hydrogen-bond acceptors (Lipinski definition) is 4. The summed E-state index contributed by atoms with van der Waals surface area (Å²) >= 11 is 0. The normalized spacial score (nSPS) is 24.3. The lowest BCUT2D eigenvalue weighted by molar-refractivity contribution is -0.207. The molecule has 9 heteroatoms. The van der Waals surface area contributed by atoms with Crippen LogP contribution in [-0.2, 0) is 14.4 Å². The Morgan fingerprint density at radius 1 is 1.44 bits per heavy atom. The van der Waals surface area contributed by atoms with E-state index >= 15 is 0 Å². The van der Waals surface area contributed by atoms with Gasteiger partial charge in [0, 0.05) is 7.05 Å². The van der Waals surface area contributed by atoms with Gasteiger partial charge in [-0.3, -0.25) is 19.8 Å². The summed E-state index contributed by atoms with van der Waals surface area (Å²) in [5.41, 5.74) is -3.28. The summed E-state index contributed by atoms with van der Waals surface area (Å²) in [4.78, 5) is 34.0. The number of carboxylic acids is 1. The first-order valence-electron chi connectivity index (χ1n) is 4.89. The van der Waals surface area contributed by atoms with Gasteiger partial charge >= 0.3 is 12.1 Å². The van der Waals surface area contributed by atoms with E-state index in [2.05, 4.69) is 0 Å². The number of nitrogens with one attached hydrogen (secondary N) is 1. The molecule has 1 aliphatic rings. The van der Waals surface area contributed by atoms with Crippen molar-refractivity contribution in [3.05, 3.63) is 0 Å². The third kappa shape index (κ3) is 2.17. The molecule has 2 N–H and O–H groups in total. The monoisotopic (exact) mass is 268 g/mol. The molecule has 1 heterocycles. The van der Waals surface area contributed by atoms with Crippen molar-refractivity contribution in [2.75, 3.05) is 7.05 Å². The molecular formula is C9H11F3N2O4. The maximum Gasteiger partial charge on any atom is 0.417 e. The number of carbonyl (C=O) groups excluding carboxylic acids is 2. The molecule has 0 radical (unpaired) electrons. The van der Waals surface area contributed by atoms with Gasteiger partial charge in [0.2, 0.25) is 17.4 Å². The Balaban J connectivity index is 2.98. The van der Waals surface area contributed by atoms with Gasteiger partial charge in [0.05, 0.1) is 12.5 Å². The fourth-order valence-corrected chi connectivity index (χ4v) is 1.48. The van der Waals surface area contributed by atoms with E-state index in [4.69, 9.17) is 5.11 Å². The number of amides is 2. The van der Waals surface area contributed by atoms with Gasteiger partial charge in [0.1, 0.15) is 0 Å². The second kappa shape index (κ2) is 4.23. The van der Waals surface area contributed by atoms with Gasteiger partial charge in [-0.2, -0.15) is 13.2 Å². The van der Waals surface area contributed by atoms with Crippen LogP contribution in [0.15, 0.2) is 0 Å². The summed E-state index contributed by atoms with van der Waals surface area (Å²) in [5, 5.41) is 10.4. The lowest BCUT2D eigenvalue weighted by Crippen LogP contribution is -2.64. The zero-order chi connectivity index (χ0) is 14.3. The van der Waals surface area contributed by atoms with Crippen LogP contribution in [0.5, 0.6) is 0 Å². The predicted molar refractivity (Wildman–Crippen MR) is 51.4 cm³/mol. The minimum Gasteiger partial charge on any atom is -0.480 e. The van der Waals surface area contributed by atoms with E-state index in [-0.39, 0.29) is 0 Å². The molecule has 1 rings (SSSR count). The van der Waals surface area contributed by atoms with E-state index < -0.39 is 42.0 Å². The van der Waals surface area contributed by atoms with Crippen molar-refractivity contribution in [1.29, 1.82) is 0 Å². The standard InChI is InChI=1S/C9H11F3N2O4/c1-8(7(17)18,9(10,11)12)13-4-3-5(15)14(2)6(4)16/h4,13H,3H2,1-2H3,(H,17,18). The van der Waals surface area contributed by atoms with Crippen LogP contribution in [0.2, 0.25) is 0 Å². The van der Waals surface area contributed by atoms with Crippen molar-refractivity contribution >= 4 is 17.8 Å². The summed E-state index contributed by atoms with van der Waals surface area (Å²) in [6.45, 7) is 0.408. The van der Waals surface area contributed by atoms with Crippen LogP contribution in [0.4, 0.5) is 13.2 Å². The Labute approximate surface area is 99.7 Å². The van der Waals surface area contributed by atoms with Crippen LogP contribution in [0, 0.1) is 0 Å². The first kappa shape index (κ1) is 14.4. The van der Waals surface area contributed by atoms with Gasteiger partial charge in [0.25, 0.3) is 0 Å². The summed E-state index contributed by atoms with van der Waals surface area (Å²) in [7, 11) is 1.12. The molecule has 6 nitrogen and oxygen atoms in total. The lowest BCUT2D eigenvalue weighted by Gasteiger charge is -2.30. The molecular weight excluding hydrogens is 257 g/mol. The number of carbonyl (C=O) groups is 3. The molecule has 0 spiro atoms. The molecule has 0 aromatic heterocycles. The topological polar surface area (TPSA) is 86.7 Å². The third-order valence-corrected chi connectivity index (χ3v) is 2.84. The van der Waals surface area contributed by atoms with Crippen molar-refractivity contribution in [2.24, 2.45) is 0 Å². The zero-order valence-corrected chi connectivity index (χ0v) is 9.54. The third-order valence-electron chi connectivity index (χ3n) is 2.84. The van der Waals surface area contributed by atoms with E-state index in [1.165, 1.54) is 0 Å². The number of halogens is 3. The zero-order valence-electron chi connectivity index (χ0n) is 9.54. The highest BCUT2D eigenvalue weighted by molar-refractivity contribution is 6.05. The number of nitrogens with zero attached hydrogens (tertiary/aromatic N) is 1. The van der Waals surface area contributed by atoms with Crippen LogP contribution in [0.1, 0.15) is 13.3 Å². The van der Waals surface area contributed by atoms with Crippen molar-refractivity contribution in [2.45, 2.75) is 31.1 Å². The van der Waals surface area contributed by atoms with E-state index in [9.17, 15) is 27.6 Å². The van der Waals surface area contributed by atoms with Gasteiger partial charge in [0.15, 0.2) is 0 Å². The van der Waals surface area contributed by atoms with Crippen molar-refractivity contribution in [3.8, 4) is 0 Å². The molecule has 2 unspecified atom stereocenters. The average molecular weight is 268 g/mol. The highest BCUT2D eigenvalue weighted by Crippen LogP contribution is 2.31. The van der Waals surface area contributed by atoms with Crippen LogP contribution >= 0.6 is 0 Å². The second-order valence-electron chi connectivity index (χ2n) is 4.12. The number of likely N-dealkylation sites (N-methyl/N-ethyl adjacent to an activating group) is 1. The number of aliphatic carboxylic acids is 1. The Kier molecular flexibility index (Phi) is 3.39. The van der Waals surface area contributed by atoms with Gasteiger partial charge in [-0.1, -0.05) is 0 Å². The Morgan fingerprint density at radius 3 is 2.22 bits per heavy atom. The van der Waals surface area contributed by atoms with Gasteiger partial charge in [-0.15, -0.1) is 0 Å². The Morgan fingerprint density at radius 2 is 1.94 bits per heavy atom. The molecule has 0 aromatic rings. The smallest absolute Gasteiger partial charge is 0.417 e. The largest absolute Gasteiger partial charge is 0.480 e. The van der Waals surface area contributed by atoms with Crippen LogP contribution < -0.4 is 5.32 Å². The van der Waals surface area contributed by atoms with Crippen molar-refractivity contribution < 1.29 is 32.7 Å². The van der Waals surface area contributed by atoms with Gasteiger partial charge in [-0.05, 0) is 6.92 Å². The number of rotatable bonds is 3. The fraction of sp³-hybridized carbons (Fsp3) is 0.667. The molecule has 0 saturated carbocycles. The Hall–Kier alpha value is -1.64. The molecule has 0 bridgehead atoms. The molecule has 1 aliphatic heterocycles. The molecule has 1 fully saturated rings. The summed E-state index contributed by atoms with van der Waals surface area (Å²) in [5.74, 6) is -3.70. The summed E-state index contributed by atoms with van der Waals surface area (Å²) in [6.07, 6.45) is -5.59. The lowest BCUT2D eigenvalue weighted by atomic mass is 10.00. The van der Waals surface area contributed by atoms with Gasteiger partial charge in [-0.25, -0.2) is 4.79 Å². The van der Waals surface area contributed by atoms with E-state index in [1.807, 2.05) is 0 Å². The average Bonchev–Trinajstić information content (AvgIpc) is 2.44. The molecule has 18 heavy (non-hydrogen) atoms. The number of hydrogen-bond donors (Lipinski definition) is 2. The highest BCUT2D eigenvalue weighted by Gasteiger charge is 2.59. The van der Waals surface area contributed by atoms with E-state index in [0.717, 1.165) is 7.05 Å². The minimum atomic E-state index is -5.09. The molecule has 0 aliphatic carbocycles. The van der Waals surface area contributed by atoms with Crippen molar-refractivity contribution in [3.63, 3.8) is 0 Å². The maximum atomic E-state index is 12.7. The Bertz CT molecular complexity index is 409. The van der Waals surface area contributed by atoms with E-state index in [1.54, 1.807) is 5.32 Å². The second-order valence-corrected chi connectivity index (χ2v) is 4.12. The quantitative estimate of drug-likeness (QED) is 0.689. The van der Waals surface area contributed by atoms with Crippen LogP contribution in [-0.4, -0.2) is 52.6 Å². The van der Waals surface area contributed by atoms with Crippen LogP contribution in [0.25, 0.3) is 0 Å². The molecule has 1 saturated heterocycles. The maximum absolute atomic E-state index is 12.7. The number of imide groups is 1. The molecule has 2 atom stereocenters. The van der Waals surface area contributed by atoms with Crippen LogP contribution in [0.3, 0.4) is 0 Å². The summed E-state index contributed by atoms with van der Waals surface area (Å²) in [6, 6.07) is -1.48. The molecule has 0 aromatic carbocycles. The van der Waals surface area contributed by atoms with E-state index in [0.29, 0.717) is 11.8 Å². The number of carboxylic acid groups (broad SMARTS) is 1.